The predicted molar refractivity (Wildman–Crippen MR) is 80.4 cm³/mol. The van der Waals surface area contributed by atoms with E-state index in [4.69, 9.17) is 0 Å². The second-order valence-corrected chi connectivity index (χ2v) is 4.93. The maximum absolute atomic E-state index is 13.8. The van der Waals surface area contributed by atoms with Gasteiger partial charge in [0.2, 0.25) is 11.8 Å². The van der Waals surface area contributed by atoms with E-state index in [1.54, 1.807) is 24.5 Å². The SMILES string of the molecule is CC(=O)N(CC(=O)NCc1ccncc1)c1ccc(F)c(F)c1F. The Morgan fingerprint density at radius 2 is 1.75 bits per heavy atom. The van der Waals surface area contributed by atoms with Crippen molar-refractivity contribution in [3.8, 4) is 0 Å². The largest absolute Gasteiger partial charge is 0.350 e. The summed E-state index contributed by atoms with van der Waals surface area (Å²) in [6, 6.07) is 4.99. The molecule has 0 atom stereocenters. The summed E-state index contributed by atoms with van der Waals surface area (Å²) in [7, 11) is 0. The highest BCUT2D eigenvalue weighted by Crippen LogP contribution is 2.23. The molecule has 0 aliphatic heterocycles. The van der Waals surface area contributed by atoms with Gasteiger partial charge in [0.1, 0.15) is 6.54 Å². The summed E-state index contributed by atoms with van der Waals surface area (Å²) in [6.45, 7) is 0.757. The van der Waals surface area contributed by atoms with Crippen molar-refractivity contribution >= 4 is 17.5 Å². The number of benzene rings is 1. The summed E-state index contributed by atoms with van der Waals surface area (Å²) < 4.78 is 40.1. The van der Waals surface area contributed by atoms with Crippen molar-refractivity contribution < 1.29 is 22.8 Å². The zero-order valence-electron chi connectivity index (χ0n) is 12.7. The number of nitrogens with zero attached hydrogens (tertiary/aromatic N) is 2. The highest BCUT2D eigenvalue weighted by Gasteiger charge is 2.23. The van der Waals surface area contributed by atoms with Crippen molar-refractivity contribution in [1.29, 1.82) is 0 Å². The summed E-state index contributed by atoms with van der Waals surface area (Å²) >= 11 is 0. The molecule has 0 unspecified atom stereocenters. The molecule has 2 aromatic rings. The lowest BCUT2D eigenvalue weighted by atomic mass is 10.2. The van der Waals surface area contributed by atoms with Crippen molar-refractivity contribution in [1.82, 2.24) is 10.3 Å². The lowest BCUT2D eigenvalue weighted by Gasteiger charge is -2.21. The molecule has 0 radical (unpaired) electrons. The Balaban J connectivity index is 2.10. The van der Waals surface area contributed by atoms with Crippen LogP contribution in [-0.2, 0) is 16.1 Å². The van der Waals surface area contributed by atoms with Crippen molar-refractivity contribution in [2.75, 3.05) is 11.4 Å². The summed E-state index contributed by atoms with van der Waals surface area (Å²) in [4.78, 5) is 28.2. The molecule has 8 heteroatoms. The van der Waals surface area contributed by atoms with Crippen LogP contribution in [0, 0.1) is 17.5 Å². The zero-order chi connectivity index (χ0) is 17.7. The third-order valence-corrected chi connectivity index (χ3v) is 3.23. The molecule has 0 saturated heterocycles. The van der Waals surface area contributed by atoms with Gasteiger partial charge in [0.25, 0.3) is 0 Å². The average Bonchev–Trinajstić information content (AvgIpc) is 2.57. The number of anilines is 1. The van der Waals surface area contributed by atoms with Crippen LogP contribution in [0.25, 0.3) is 0 Å². The van der Waals surface area contributed by atoms with E-state index >= 15 is 0 Å². The number of nitrogens with one attached hydrogen (secondary N) is 1. The zero-order valence-corrected chi connectivity index (χ0v) is 12.7. The average molecular weight is 337 g/mol. The van der Waals surface area contributed by atoms with Crippen LogP contribution in [0.2, 0.25) is 0 Å². The van der Waals surface area contributed by atoms with Crippen LogP contribution in [-0.4, -0.2) is 23.3 Å². The van der Waals surface area contributed by atoms with Gasteiger partial charge in [-0.25, -0.2) is 13.2 Å². The number of pyridine rings is 1. The molecule has 0 aliphatic rings. The predicted octanol–water partition coefficient (Wildman–Crippen LogP) is 2.17. The van der Waals surface area contributed by atoms with E-state index in [-0.39, 0.29) is 6.54 Å². The van der Waals surface area contributed by atoms with E-state index in [0.29, 0.717) is 6.07 Å². The van der Waals surface area contributed by atoms with Crippen LogP contribution >= 0.6 is 0 Å². The van der Waals surface area contributed by atoms with Gasteiger partial charge in [-0.2, -0.15) is 0 Å². The van der Waals surface area contributed by atoms with Crippen LogP contribution in [0.5, 0.6) is 0 Å². The molecule has 0 fully saturated rings. The second-order valence-electron chi connectivity index (χ2n) is 4.93. The standard InChI is InChI=1S/C16H14F3N3O2/c1-10(23)22(13-3-2-12(17)15(18)16(13)19)9-14(24)21-8-11-4-6-20-7-5-11/h2-7H,8-9H2,1H3,(H,21,24). The van der Waals surface area contributed by atoms with Crippen molar-refractivity contribution in [2.24, 2.45) is 0 Å². The molecule has 24 heavy (non-hydrogen) atoms. The molecule has 1 heterocycles. The fourth-order valence-corrected chi connectivity index (χ4v) is 1.99. The van der Waals surface area contributed by atoms with Crippen LogP contribution in [0.1, 0.15) is 12.5 Å². The highest BCUT2D eigenvalue weighted by atomic mass is 19.2. The lowest BCUT2D eigenvalue weighted by molar-refractivity contribution is -0.123. The number of hydrogen-bond acceptors (Lipinski definition) is 3. The third kappa shape index (κ3) is 4.09. The fraction of sp³-hybridized carbons (Fsp3) is 0.188. The topological polar surface area (TPSA) is 62.3 Å². The minimum absolute atomic E-state index is 0.188. The summed E-state index contributed by atoms with van der Waals surface area (Å²) in [5.41, 5.74) is 0.284. The first-order valence-corrected chi connectivity index (χ1v) is 6.97. The molecule has 2 amide bonds. The van der Waals surface area contributed by atoms with E-state index in [0.717, 1.165) is 23.5 Å². The summed E-state index contributed by atoms with van der Waals surface area (Å²) in [5, 5.41) is 2.55. The minimum atomic E-state index is -1.70. The van der Waals surface area contributed by atoms with Gasteiger partial charge in [0.05, 0.1) is 5.69 Å². The van der Waals surface area contributed by atoms with Gasteiger partial charge in [0.15, 0.2) is 17.5 Å². The smallest absolute Gasteiger partial charge is 0.240 e. The van der Waals surface area contributed by atoms with E-state index in [2.05, 4.69) is 10.3 Å². The lowest BCUT2D eigenvalue weighted by Crippen LogP contribution is -2.40. The van der Waals surface area contributed by atoms with Gasteiger partial charge in [-0.05, 0) is 29.8 Å². The second kappa shape index (κ2) is 7.58. The number of carbonyl (C=O) groups is 2. The van der Waals surface area contributed by atoms with E-state index < -0.39 is 41.5 Å². The molecule has 1 aromatic heterocycles. The van der Waals surface area contributed by atoms with Crippen LogP contribution < -0.4 is 10.2 Å². The first-order chi connectivity index (χ1) is 11.4. The maximum Gasteiger partial charge on any atom is 0.240 e. The molecule has 0 saturated carbocycles. The highest BCUT2D eigenvalue weighted by molar-refractivity contribution is 5.97. The first-order valence-electron chi connectivity index (χ1n) is 6.97. The Kier molecular flexibility index (Phi) is 5.51. The molecule has 2 rings (SSSR count). The van der Waals surface area contributed by atoms with Gasteiger partial charge >= 0.3 is 0 Å². The Morgan fingerprint density at radius 1 is 1.08 bits per heavy atom. The molecule has 1 aromatic carbocycles. The van der Waals surface area contributed by atoms with Crippen molar-refractivity contribution in [2.45, 2.75) is 13.5 Å². The molecule has 1 N–H and O–H groups in total. The monoisotopic (exact) mass is 337 g/mol. The van der Waals surface area contributed by atoms with Gasteiger partial charge in [-0.15, -0.1) is 0 Å². The summed E-state index contributed by atoms with van der Waals surface area (Å²) in [5.74, 6) is -5.85. The van der Waals surface area contributed by atoms with Crippen molar-refractivity contribution in [3.63, 3.8) is 0 Å². The quantitative estimate of drug-likeness (QED) is 0.851. The molecule has 126 valence electrons. The van der Waals surface area contributed by atoms with E-state index in [1.807, 2.05) is 0 Å². The summed E-state index contributed by atoms with van der Waals surface area (Å²) in [6.07, 6.45) is 3.11. The number of amides is 2. The minimum Gasteiger partial charge on any atom is -0.350 e. The number of halogens is 3. The Bertz CT molecular complexity index is 754. The van der Waals surface area contributed by atoms with Gasteiger partial charge in [-0.1, -0.05) is 0 Å². The third-order valence-electron chi connectivity index (χ3n) is 3.23. The van der Waals surface area contributed by atoms with Crippen LogP contribution in [0.15, 0.2) is 36.7 Å². The molecule has 0 aliphatic carbocycles. The van der Waals surface area contributed by atoms with Gasteiger partial charge in [0, 0.05) is 25.9 Å². The Hall–Kier alpha value is -2.90. The number of aromatic nitrogens is 1. The number of hydrogen-bond donors (Lipinski definition) is 1. The molecular formula is C16H14F3N3O2. The van der Waals surface area contributed by atoms with Gasteiger partial charge < -0.3 is 10.2 Å². The fourth-order valence-electron chi connectivity index (χ4n) is 1.99. The van der Waals surface area contributed by atoms with E-state index in [1.165, 1.54) is 0 Å². The normalized spacial score (nSPS) is 10.3. The first kappa shape index (κ1) is 17.5. The molecule has 0 spiro atoms. The number of carbonyl (C=O) groups excluding carboxylic acids is 2. The van der Waals surface area contributed by atoms with E-state index in [9.17, 15) is 22.8 Å². The van der Waals surface area contributed by atoms with Crippen molar-refractivity contribution in [3.05, 3.63) is 59.7 Å². The Labute approximate surface area is 136 Å². The Morgan fingerprint density at radius 3 is 2.38 bits per heavy atom. The van der Waals surface area contributed by atoms with Crippen LogP contribution in [0.3, 0.4) is 0 Å². The molecule has 5 nitrogen and oxygen atoms in total. The van der Waals surface area contributed by atoms with Gasteiger partial charge in [-0.3, -0.25) is 14.6 Å². The number of rotatable bonds is 5. The van der Waals surface area contributed by atoms with Crippen LogP contribution in [0.4, 0.5) is 18.9 Å². The molecule has 0 bridgehead atoms. The molecular weight excluding hydrogens is 323 g/mol. The maximum atomic E-state index is 13.8.